The number of phenols is 1. The number of rotatable bonds is 6. The van der Waals surface area contributed by atoms with Crippen molar-refractivity contribution in [2.45, 2.75) is 13.3 Å². The molecule has 0 aliphatic rings. The Labute approximate surface area is 140 Å². The van der Waals surface area contributed by atoms with E-state index in [1.165, 1.54) is 0 Å². The molecule has 24 heavy (non-hydrogen) atoms. The third-order valence-electron chi connectivity index (χ3n) is 3.42. The predicted molar refractivity (Wildman–Crippen MR) is 94.6 cm³/mol. The molecule has 0 saturated carbocycles. The van der Waals surface area contributed by atoms with E-state index in [1.54, 1.807) is 18.3 Å². The number of hydrogen-bond acceptors (Lipinski definition) is 6. The Morgan fingerprint density at radius 2 is 1.83 bits per heavy atom. The molecule has 0 atom stereocenters. The lowest BCUT2D eigenvalue weighted by Crippen LogP contribution is -2.09. The van der Waals surface area contributed by atoms with E-state index in [4.69, 9.17) is 0 Å². The van der Waals surface area contributed by atoms with E-state index in [0.29, 0.717) is 11.8 Å². The molecule has 2 aromatic heterocycles. The van der Waals surface area contributed by atoms with Crippen molar-refractivity contribution in [1.82, 2.24) is 15.0 Å². The standard InChI is InChI=1S/C18H19N5O/c1-13-12-17(20-11-9-14-5-7-15(24)8-6-14)23-18(21-13)22-16-4-2-3-10-19-16/h2-8,10,12,24H,9,11H2,1H3,(H2,19,20,21,22,23). The predicted octanol–water partition coefficient (Wildman–Crippen LogP) is 3.28. The molecule has 3 aromatic rings. The van der Waals surface area contributed by atoms with Crippen LogP contribution in [0.4, 0.5) is 17.6 Å². The first kappa shape index (κ1) is 15.7. The van der Waals surface area contributed by atoms with Gasteiger partial charge < -0.3 is 15.7 Å². The molecule has 2 heterocycles. The summed E-state index contributed by atoms with van der Waals surface area (Å²) in [6, 6.07) is 14.7. The number of anilines is 3. The maximum absolute atomic E-state index is 9.30. The zero-order valence-corrected chi connectivity index (χ0v) is 13.4. The van der Waals surface area contributed by atoms with Gasteiger partial charge in [0.05, 0.1) is 0 Å². The molecule has 6 heteroatoms. The topological polar surface area (TPSA) is 83.0 Å². The van der Waals surface area contributed by atoms with Crippen LogP contribution in [0.2, 0.25) is 0 Å². The number of nitrogens with zero attached hydrogens (tertiary/aromatic N) is 3. The van der Waals surface area contributed by atoms with E-state index >= 15 is 0 Å². The molecule has 0 radical (unpaired) electrons. The number of aromatic nitrogens is 3. The van der Waals surface area contributed by atoms with Crippen LogP contribution in [0.25, 0.3) is 0 Å². The first-order valence-corrected chi connectivity index (χ1v) is 7.74. The van der Waals surface area contributed by atoms with Crippen molar-refractivity contribution < 1.29 is 5.11 Å². The molecular formula is C18H19N5O. The summed E-state index contributed by atoms with van der Waals surface area (Å²) in [6.07, 6.45) is 2.56. The molecule has 0 aliphatic carbocycles. The first-order valence-electron chi connectivity index (χ1n) is 7.74. The van der Waals surface area contributed by atoms with Crippen LogP contribution >= 0.6 is 0 Å². The van der Waals surface area contributed by atoms with Gasteiger partial charge >= 0.3 is 0 Å². The summed E-state index contributed by atoms with van der Waals surface area (Å²) in [5, 5.41) is 15.7. The number of pyridine rings is 1. The van der Waals surface area contributed by atoms with Crippen LogP contribution < -0.4 is 10.6 Å². The molecule has 1 aromatic carbocycles. The minimum absolute atomic E-state index is 0.281. The summed E-state index contributed by atoms with van der Waals surface area (Å²) in [5.41, 5.74) is 2.02. The van der Waals surface area contributed by atoms with Crippen molar-refractivity contribution in [3.8, 4) is 5.75 Å². The zero-order chi connectivity index (χ0) is 16.8. The average molecular weight is 321 g/mol. The van der Waals surface area contributed by atoms with Gasteiger partial charge in [-0.2, -0.15) is 4.98 Å². The van der Waals surface area contributed by atoms with Crippen LogP contribution in [0.3, 0.4) is 0 Å². The minimum Gasteiger partial charge on any atom is -0.508 e. The Kier molecular flexibility index (Phi) is 4.86. The molecule has 3 rings (SSSR count). The fraction of sp³-hybridized carbons (Fsp3) is 0.167. The molecule has 0 amide bonds. The quantitative estimate of drug-likeness (QED) is 0.646. The Morgan fingerprint density at radius 3 is 2.58 bits per heavy atom. The van der Waals surface area contributed by atoms with E-state index in [0.717, 1.165) is 30.0 Å². The second-order valence-electron chi connectivity index (χ2n) is 5.40. The maximum atomic E-state index is 9.30. The monoisotopic (exact) mass is 321 g/mol. The molecule has 0 aliphatic heterocycles. The highest BCUT2D eigenvalue weighted by Gasteiger charge is 2.03. The summed E-state index contributed by atoms with van der Waals surface area (Å²) >= 11 is 0. The number of benzene rings is 1. The molecule has 0 unspecified atom stereocenters. The van der Waals surface area contributed by atoms with Crippen LogP contribution in [-0.4, -0.2) is 26.6 Å². The molecule has 0 spiro atoms. The Balaban J connectivity index is 1.62. The molecular weight excluding hydrogens is 302 g/mol. The molecule has 0 bridgehead atoms. The number of phenolic OH excluding ortho intramolecular Hbond substituents is 1. The Morgan fingerprint density at radius 1 is 1.00 bits per heavy atom. The van der Waals surface area contributed by atoms with Crippen LogP contribution in [0.5, 0.6) is 5.75 Å². The largest absolute Gasteiger partial charge is 0.508 e. The van der Waals surface area contributed by atoms with Crippen molar-refractivity contribution in [1.29, 1.82) is 0 Å². The van der Waals surface area contributed by atoms with Crippen LogP contribution in [0.1, 0.15) is 11.3 Å². The summed E-state index contributed by atoms with van der Waals surface area (Å²) in [6.45, 7) is 2.67. The van der Waals surface area contributed by atoms with Gasteiger partial charge in [0.25, 0.3) is 0 Å². The van der Waals surface area contributed by atoms with Crippen molar-refractivity contribution in [2.75, 3.05) is 17.2 Å². The third kappa shape index (κ3) is 4.42. The van der Waals surface area contributed by atoms with Gasteiger partial charge in [0.1, 0.15) is 17.4 Å². The number of nitrogens with one attached hydrogen (secondary N) is 2. The lowest BCUT2D eigenvalue weighted by Gasteiger charge is -2.09. The molecule has 6 nitrogen and oxygen atoms in total. The molecule has 122 valence electrons. The number of aryl methyl sites for hydroxylation is 1. The van der Waals surface area contributed by atoms with E-state index in [9.17, 15) is 5.11 Å². The first-order chi connectivity index (χ1) is 11.7. The zero-order valence-electron chi connectivity index (χ0n) is 13.4. The SMILES string of the molecule is Cc1cc(NCCc2ccc(O)cc2)nc(Nc2ccccn2)n1. The molecule has 0 fully saturated rings. The van der Waals surface area contributed by atoms with Crippen molar-refractivity contribution in [3.05, 3.63) is 66.0 Å². The molecule has 3 N–H and O–H groups in total. The van der Waals surface area contributed by atoms with E-state index < -0.39 is 0 Å². The van der Waals surface area contributed by atoms with Gasteiger partial charge in [0, 0.05) is 24.5 Å². The van der Waals surface area contributed by atoms with Gasteiger partial charge in [-0.3, -0.25) is 0 Å². The number of hydrogen-bond donors (Lipinski definition) is 3. The minimum atomic E-state index is 0.281. The average Bonchev–Trinajstić information content (AvgIpc) is 2.57. The number of aromatic hydroxyl groups is 1. The van der Waals surface area contributed by atoms with Crippen molar-refractivity contribution >= 4 is 17.6 Å². The second kappa shape index (κ2) is 7.41. The lowest BCUT2D eigenvalue weighted by atomic mass is 10.1. The fourth-order valence-electron chi connectivity index (χ4n) is 2.26. The van der Waals surface area contributed by atoms with Gasteiger partial charge in [0.2, 0.25) is 5.95 Å². The smallest absolute Gasteiger partial charge is 0.230 e. The van der Waals surface area contributed by atoms with Crippen molar-refractivity contribution in [2.24, 2.45) is 0 Å². The second-order valence-corrected chi connectivity index (χ2v) is 5.40. The normalized spacial score (nSPS) is 10.4. The van der Waals surface area contributed by atoms with Crippen molar-refractivity contribution in [3.63, 3.8) is 0 Å². The Bertz CT molecular complexity index is 790. The van der Waals surface area contributed by atoms with Crippen LogP contribution in [-0.2, 0) is 6.42 Å². The van der Waals surface area contributed by atoms with Crippen LogP contribution in [0.15, 0.2) is 54.7 Å². The van der Waals surface area contributed by atoms with E-state index in [1.807, 2.05) is 43.3 Å². The van der Waals surface area contributed by atoms with Gasteiger partial charge in [-0.25, -0.2) is 9.97 Å². The summed E-state index contributed by atoms with van der Waals surface area (Å²) in [7, 11) is 0. The highest BCUT2D eigenvalue weighted by Crippen LogP contribution is 2.14. The maximum Gasteiger partial charge on any atom is 0.230 e. The highest BCUT2D eigenvalue weighted by molar-refractivity contribution is 5.51. The van der Waals surface area contributed by atoms with E-state index in [-0.39, 0.29) is 5.75 Å². The summed E-state index contributed by atoms with van der Waals surface area (Å²) < 4.78 is 0. The van der Waals surface area contributed by atoms with E-state index in [2.05, 4.69) is 25.6 Å². The lowest BCUT2D eigenvalue weighted by molar-refractivity contribution is 0.475. The fourth-order valence-corrected chi connectivity index (χ4v) is 2.26. The Hall–Kier alpha value is -3.15. The molecule has 0 saturated heterocycles. The van der Waals surface area contributed by atoms with Gasteiger partial charge in [-0.05, 0) is 43.2 Å². The van der Waals surface area contributed by atoms with Gasteiger partial charge in [-0.1, -0.05) is 18.2 Å². The van der Waals surface area contributed by atoms with Gasteiger partial charge in [-0.15, -0.1) is 0 Å². The third-order valence-corrected chi connectivity index (χ3v) is 3.42. The summed E-state index contributed by atoms with van der Waals surface area (Å²) in [5.74, 6) is 2.27. The summed E-state index contributed by atoms with van der Waals surface area (Å²) in [4.78, 5) is 13.0. The van der Waals surface area contributed by atoms with Gasteiger partial charge in [0.15, 0.2) is 0 Å². The highest BCUT2D eigenvalue weighted by atomic mass is 16.3. The van der Waals surface area contributed by atoms with Crippen LogP contribution in [0, 0.1) is 6.92 Å².